The molecule has 0 fully saturated rings. The van der Waals surface area contributed by atoms with E-state index in [1.54, 1.807) is 0 Å². The minimum atomic E-state index is -0.998. The monoisotopic (exact) mass is 312 g/mol. The molecule has 0 heterocycles. The molecular weight excluding hydrogens is 306 g/mol. The zero-order valence-electron chi connectivity index (χ0n) is 6.67. The third-order valence-corrected chi connectivity index (χ3v) is 2.53. The standard InChI is InChI=1S/C8H6ClIO3/c1-13-7-5(9)2-4(8(11)12)3-6(7)10/h2-3H,1H3,(H,11,12). The van der Waals surface area contributed by atoms with Crippen LogP contribution < -0.4 is 4.74 Å². The first-order chi connectivity index (χ1) is 6.06. The van der Waals surface area contributed by atoms with Crippen LogP contribution in [0.3, 0.4) is 0 Å². The lowest BCUT2D eigenvalue weighted by Gasteiger charge is -2.06. The van der Waals surface area contributed by atoms with Crippen LogP contribution in [0.15, 0.2) is 12.1 Å². The summed E-state index contributed by atoms with van der Waals surface area (Å²) in [5, 5.41) is 9.01. The highest BCUT2D eigenvalue weighted by molar-refractivity contribution is 14.1. The number of carboxylic acid groups (broad SMARTS) is 1. The van der Waals surface area contributed by atoms with Crippen molar-refractivity contribution in [2.24, 2.45) is 0 Å². The molecule has 0 saturated carbocycles. The number of hydrogen-bond donors (Lipinski definition) is 1. The lowest BCUT2D eigenvalue weighted by Crippen LogP contribution is -1.98. The van der Waals surface area contributed by atoms with Crippen LogP contribution >= 0.6 is 34.2 Å². The fraction of sp³-hybridized carbons (Fsp3) is 0.125. The summed E-state index contributed by atoms with van der Waals surface area (Å²) in [4.78, 5) is 10.6. The Morgan fingerprint density at radius 3 is 2.62 bits per heavy atom. The third-order valence-electron chi connectivity index (χ3n) is 1.45. The summed E-state index contributed by atoms with van der Waals surface area (Å²) in [7, 11) is 1.49. The molecule has 1 rings (SSSR count). The highest BCUT2D eigenvalue weighted by atomic mass is 127. The Kier molecular flexibility index (Phi) is 3.38. The van der Waals surface area contributed by atoms with Gasteiger partial charge in [-0.3, -0.25) is 0 Å². The predicted molar refractivity (Wildman–Crippen MR) is 57.7 cm³/mol. The molecule has 0 saturated heterocycles. The lowest BCUT2D eigenvalue weighted by molar-refractivity contribution is 0.0697. The largest absolute Gasteiger partial charge is 0.494 e. The number of rotatable bonds is 2. The summed E-state index contributed by atoms with van der Waals surface area (Å²) in [6, 6.07) is 2.87. The number of halogens is 2. The van der Waals surface area contributed by atoms with Gasteiger partial charge in [-0.25, -0.2) is 4.79 Å². The van der Waals surface area contributed by atoms with Gasteiger partial charge in [-0.05, 0) is 34.7 Å². The summed E-state index contributed by atoms with van der Waals surface area (Å²) < 4.78 is 5.66. The summed E-state index contributed by atoms with van der Waals surface area (Å²) in [5.41, 5.74) is 0.162. The van der Waals surface area contributed by atoms with Gasteiger partial charge in [-0.2, -0.15) is 0 Å². The number of carboxylic acids is 1. The summed E-state index contributed by atoms with van der Waals surface area (Å²) >= 11 is 7.76. The number of methoxy groups -OCH3 is 1. The third kappa shape index (κ3) is 2.25. The second-order valence-corrected chi connectivity index (χ2v) is 3.85. The number of ether oxygens (including phenoxy) is 1. The van der Waals surface area contributed by atoms with Gasteiger partial charge >= 0.3 is 5.97 Å². The van der Waals surface area contributed by atoms with Crippen LogP contribution in [0, 0.1) is 3.57 Å². The van der Waals surface area contributed by atoms with Crippen LogP contribution in [0.25, 0.3) is 0 Å². The van der Waals surface area contributed by atoms with E-state index in [2.05, 4.69) is 0 Å². The first-order valence-corrected chi connectivity index (χ1v) is 4.78. The molecule has 0 aliphatic rings. The Morgan fingerprint density at radius 2 is 2.23 bits per heavy atom. The van der Waals surface area contributed by atoms with Crippen LogP contribution in [-0.2, 0) is 0 Å². The molecule has 0 aliphatic carbocycles. The molecule has 0 amide bonds. The van der Waals surface area contributed by atoms with E-state index in [0.29, 0.717) is 14.3 Å². The Balaban J connectivity index is 3.28. The van der Waals surface area contributed by atoms with Crippen molar-refractivity contribution < 1.29 is 14.6 Å². The first-order valence-electron chi connectivity index (χ1n) is 3.32. The maximum absolute atomic E-state index is 10.6. The fourth-order valence-corrected chi connectivity index (χ4v) is 2.18. The van der Waals surface area contributed by atoms with Gasteiger partial charge in [0.05, 0.1) is 21.3 Å². The van der Waals surface area contributed by atoms with Crippen LogP contribution in [0.5, 0.6) is 5.75 Å². The van der Waals surface area contributed by atoms with Crippen LogP contribution in [-0.4, -0.2) is 18.2 Å². The van der Waals surface area contributed by atoms with Crippen molar-refractivity contribution in [3.8, 4) is 5.75 Å². The van der Waals surface area contributed by atoms with Gasteiger partial charge in [-0.1, -0.05) is 11.6 Å². The molecule has 0 aliphatic heterocycles. The minimum absolute atomic E-state index is 0.162. The van der Waals surface area contributed by atoms with E-state index in [0.717, 1.165) is 0 Å². The number of hydrogen-bond acceptors (Lipinski definition) is 2. The minimum Gasteiger partial charge on any atom is -0.494 e. The van der Waals surface area contributed by atoms with Crippen molar-refractivity contribution in [1.29, 1.82) is 0 Å². The fourth-order valence-electron chi connectivity index (χ4n) is 0.878. The van der Waals surface area contributed by atoms with Crippen LogP contribution in [0.2, 0.25) is 5.02 Å². The van der Waals surface area contributed by atoms with Gasteiger partial charge in [0.1, 0.15) is 0 Å². The average molecular weight is 312 g/mol. The molecule has 0 aromatic heterocycles. The van der Waals surface area contributed by atoms with Crippen molar-refractivity contribution >= 4 is 40.2 Å². The Bertz CT molecular complexity index is 328. The molecule has 1 N–H and O–H groups in total. The van der Waals surface area contributed by atoms with E-state index in [-0.39, 0.29) is 5.56 Å². The molecule has 1 aromatic carbocycles. The van der Waals surface area contributed by atoms with Crippen molar-refractivity contribution in [2.75, 3.05) is 7.11 Å². The van der Waals surface area contributed by atoms with Gasteiger partial charge in [0.15, 0.2) is 5.75 Å². The highest BCUT2D eigenvalue weighted by Gasteiger charge is 2.11. The second kappa shape index (κ2) is 4.15. The smallest absolute Gasteiger partial charge is 0.335 e. The van der Waals surface area contributed by atoms with E-state index in [1.165, 1.54) is 19.2 Å². The maximum atomic E-state index is 10.6. The molecule has 5 heteroatoms. The molecular formula is C8H6ClIO3. The molecule has 0 atom stereocenters. The van der Waals surface area contributed by atoms with Crippen molar-refractivity contribution in [3.05, 3.63) is 26.3 Å². The molecule has 1 aromatic rings. The van der Waals surface area contributed by atoms with Gasteiger partial charge in [-0.15, -0.1) is 0 Å². The van der Waals surface area contributed by atoms with Crippen molar-refractivity contribution in [3.63, 3.8) is 0 Å². The van der Waals surface area contributed by atoms with Gasteiger partial charge in [0.25, 0.3) is 0 Å². The quantitative estimate of drug-likeness (QED) is 0.854. The average Bonchev–Trinajstić information content (AvgIpc) is 2.03. The summed E-state index contributed by atoms with van der Waals surface area (Å²) in [6.07, 6.45) is 0. The topological polar surface area (TPSA) is 46.5 Å². The zero-order chi connectivity index (χ0) is 10.0. The lowest BCUT2D eigenvalue weighted by atomic mass is 10.2. The predicted octanol–water partition coefficient (Wildman–Crippen LogP) is 2.65. The maximum Gasteiger partial charge on any atom is 0.335 e. The van der Waals surface area contributed by atoms with Crippen LogP contribution in [0.1, 0.15) is 10.4 Å². The highest BCUT2D eigenvalue weighted by Crippen LogP contribution is 2.31. The summed E-state index contributed by atoms with van der Waals surface area (Å²) in [6.45, 7) is 0. The van der Waals surface area contributed by atoms with E-state index < -0.39 is 5.97 Å². The molecule has 0 radical (unpaired) electrons. The van der Waals surface area contributed by atoms with Gasteiger partial charge in [0, 0.05) is 0 Å². The van der Waals surface area contributed by atoms with E-state index in [4.69, 9.17) is 21.4 Å². The molecule has 3 nitrogen and oxygen atoms in total. The molecule has 0 spiro atoms. The Labute approximate surface area is 93.8 Å². The number of aromatic carboxylic acids is 1. The first kappa shape index (κ1) is 10.6. The number of benzene rings is 1. The molecule has 70 valence electrons. The Morgan fingerprint density at radius 1 is 1.62 bits per heavy atom. The van der Waals surface area contributed by atoms with Crippen molar-refractivity contribution in [2.45, 2.75) is 0 Å². The number of carbonyl (C=O) groups is 1. The van der Waals surface area contributed by atoms with E-state index in [1.807, 2.05) is 22.6 Å². The SMILES string of the molecule is COc1c(Cl)cc(C(=O)O)cc1I. The van der Waals surface area contributed by atoms with Gasteiger partial charge < -0.3 is 9.84 Å². The van der Waals surface area contributed by atoms with E-state index >= 15 is 0 Å². The normalized spacial score (nSPS) is 9.77. The second-order valence-electron chi connectivity index (χ2n) is 2.28. The molecule has 0 bridgehead atoms. The van der Waals surface area contributed by atoms with E-state index in [9.17, 15) is 4.79 Å². The van der Waals surface area contributed by atoms with Crippen LogP contribution in [0.4, 0.5) is 0 Å². The summed E-state index contributed by atoms with van der Waals surface area (Å²) in [5.74, 6) is -0.491. The molecule has 13 heavy (non-hydrogen) atoms. The van der Waals surface area contributed by atoms with Crippen molar-refractivity contribution in [1.82, 2.24) is 0 Å². The zero-order valence-corrected chi connectivity index (χ0v) is 9.59. The Hall–Kier alpha value is -0.490. The van der Waals surface area contributed by atoms with Gasteiger partial charge in [0.2, 0.25) is 0 Å². The molecule has 0 unspecified atom stereocenters.